The Morgan fingerprint density at radius 3 is 2.52 bits per heavy atom. The third-order valence-corrected chi connectivity index (χ3v) is 4.70. The number of nitriles is 1. The van der Waals surface area contributed by atoms with Crippen LogP contribution in [0.15, 0.2) is 45.8 Å². The number of nitrogens with two attached hydrogens (primary N) is 1. The Morgan fingerprint density at radius 2 is 1.95 bits per heavy atom. The van der Waals surface area contributed by atoms with Gasteiger partial charge in [-0.2, -0.15) is 5.26 Å². The quantitative estimate of drug-likeness (QED) is 0.812. The first-order valence-electron chi connectivity index (χ1n) is 5.61. The Morgan fingerprint density at radius 1 is 1.24 bits per heavy atom. The molecule has 0 bridgehead atoms. The van der Waals surface area contributed by atoms with Crippen molar-refractivity contribution in [3.8, 4) is 6.07 Å². The van der Waals surface area contributed by atoms with Gasteiger partial charge in [-0.3, -0.25) is 4.72 Å². The zero-order valence-corrected chi connectivity index (χ0v) is 12.9. The molecule has 5 nitrogen and oxygen atoms in total. The molecule has 21 heavy (non-hydrogen) atoms. The van der Waals surface area contributed by atoms with E-state index in [1.54, 1.807) is 0 Å². The van der Waals surface area contributed by atoms with Crippen LogP contribution in [0.5, 0.6) is 0 Å². The van der Waals surface area contributed by atoms with E-state index in [1.165, 1.54) is 18.2 Å². The summed E-state index contributed by atoms with van der Waals surface area (Å²) in [4.78, 5) is -0.222. The third-order valence-electron chi connectivity index (χ3n) is 2.60. The van der Waals surface area contributed by atoms with Crippen molar-refractivity contribution in [3.05, 3.63) is 52.3 Å². The molecule has 2 rings (SSSR count). The summed E-state index contributed by atoms with van der Waals surface area (Å²) < 4.78 is 40.2. The van der Waals surface area contributed by atoms with Gasteiger partial charge in [-0.1, -0.05) is 0 Å². The molecule has 108 valence electrons. The van der Waals surface area contributed by atoms with Crippen LogP contribution in [0.4, 0.5) is 15.8 Å². The van der Waals surface area contributed by atoms with Gasteiger partial charge >= 0.3 is 0 Å². The Kier molecular flexibility index (Phi) is 4.16. The van der Waals surface area contributed by atoms with E-state index in [0.29, 0.717) is 10.0 Å². The van der Waals surface area contributed by atoms with Crippen molar-refractivity contribution < 1.29 is 12.8 Å². The van der Waals surface area contributed by atoms with E-state index in [0.717, 1.165) is 18.2 Å². The van der Waals surface area contributed by atoms with Crippen LogP contribution in [-0.4, -0.2) is 8.42 Å². The SMILES string of the molecule is N#Cc1ccc(NS(=O)(=O)c2ccc(F)cc2N)c(Br)c1. The van der Waals surface area contributed by atoms with E-state index < -0.39 is 15.8 Å². The molecule has 0 spiro atoms. The minimum absolute atomic E-state index is 0.188. The minimum Gasteiger partial charge on any atom is -0.398 e. The number of halogens is 2. The maximum atomic E-state index is 13.0. The summed E-state index contributed by atoms with van der Waals surface area (Å²) in [5, 5.41) is 8.76. The zero-order chi connectivity index (χ0) is 15.6. The summed E-state index contributed by atoms with van der Waals surface area (Å²) in [5.41, 5.74) is 5.97. The zero-order valence-electron chi connectivity index (χ0n) is 10.5. The predicted octanol–water partition coefficient (Wildman–Crippen LogP) is 2.84. The molecule has 0 fully saturated rings. The van der Waals surface area contributed by atoms with Crippen LogP contribution in [0.3, 0.4) is 0 Å². The summed E-state index contributed by atoms with van der Waals surface area (Å²) >= 11 is 3.17. The molecule has 0 heterocycles. The van der Waals surface area contributed by atoms with Crippen LogP contribution in [0.2, 0.25) is 0 Å². The smallest absolute Gasteiger partial charge is 0.263 e. The number of hydrogen-bond donors (Lipinski definition) is 2. The van der Waals surface area contributed by atoms with E-state index in [1.807, 2.05) is 6.07 Å². The van der Waals surface area contributed by atoms with Crippen molar-refractivity contribution >= 4 is 37.3 Å². The minimum atomic E-state index is -3.96. The lowest BCUT2D eigenvalue weighted by molar-refractivity contribution is 0.600. The summed E-state index contributed by atoms with van der Waals surface area (Å²) in [6.45, 7) is 0. The van der Waals surface area contributed by atoms with Crippen LogP contribution < -0.4 is 10.5 Å². The van der Waals surface area contributed by atoms with Gasteiger partial charge in [0.15, 0.2) is 0 Å². The molecule has 0 saturated heterocycles. The van der Waals surface area contributed by atoms with Crippen LogP contribution in [0.1, 0.15) is 5.56 Å². The van der Waals surface area contributed by atoms with Gasteiger partial charge in [0.1, 0.15) is 10.7 Å². The number of hydrogen-bond acceptors (Lipinski definition) is 4. The molecule has 0 radical (unpaired) electrons. The molecule has 0 aromatic heterocycles. The molecule has 0 aliphatic carbocycles. The average Bonchev–Trinajstić information content (AvgIpc) is 2.40. The van der Waals surface area contributed by atoms with Gasteiger partial charge in [0.25, 0.3) is 10.0 Å². The Bertz CT molecular complexity index is 847. The monoisotopic (exact) mass is 369 g/mol. The number of sulfonamides is 1. The van der Waals surface area contributed by atoms with Crippen molar-refractivity contribution in [3.63, 3.8) is 0 Å². The van der Waals surface area contributed by atoms with Crippen molar-refractivity contribution in [2.75, 3.05) is 10.5 Å². The van der Waals surface area contributed by atoms with Crippen molar-refractivity contribution in [2.24, 2.45) is 0 Å². The highest BCUT2D eigenvalue weighted by Crippen LogP contribution is 2.28. The van der Waals surface area contributed by atoms with Gasteiger partial charge in [0, 0.05) is 4.47 Å². The van der Waals surface area contributed by atoms with E-state index in [2.05, 4.69) is 20.7 Å². The predicted molar refractivity (Wildman–Crippen MR) is 80.5 cm³/mol. The fourth-order valence-electron chi connectivity index (χ4n) is 1.63. The second-order valence-corrected chi connectivity index (χ2v) is 6.60. The largest absolute Gasteiger partial charge is 0.398 e. The normalized spacial score (nSPS) is 10.9. The maximum absolute atomic E-state index is 13.0. The number of anilines is 2. The number of nitrogens with one attached hydrogen (secondary N) is 1. The summed E-state index contributed by atoms with van der Waals surface area (Å²) in [7, 11) is -3.96. The van der Waals surface area contributed by atoms with E-state index in [9.17, 15) is 12.8 Å². The molecule has 0 atom stereocenters. The molecule has 0 amide bonds. The molecule has 0 aliphatic heterocycles. The van der Waals surface area contributed by atoms with Gasteiger partial charge in [0.2, 0.25) is 0 Å². The van der Waals surface area contributed by atoms with Crippen molar-refractivity contribution in [2.45, 2.75) is 4.90 Å². The van der Waals surface area contributed by atoms with Gasteiger partial charge in [-0.05, 0) is 52.3 Å². The fourth-order valence-corrected chi connectivity index (χ4v) is 3.43. The molecule has 2 aromatic rings. The first-order valence-corrected chi connectivity index (χ1v) is 7.88. The second kappa shape index (κ2) is 5.71. The van der Waals surface area contributed by atoms with Gasteiger partial charge in [-0.25, -0.2) is 12.8 Å². The van der Waals surface area contributed by atoms with Crippen molar-refractivity contribution in [1.82, 2.24) is 0 Å². The standard InChI is InChI=1S/C13H9BrFN3O2S/c14-10-5-8(7-16)1-3-12(10)18-21(19,20)13-4-2-9(15)6-11(13)17/h1-6,18H,17H2. The molecule has 2 aromatic carbocycles. The lowest BCUT2D eigenvalue weighted by Crippen LogP contribution is -2.15. The number of rotatable bonds is 3. The molecular weight excluding hydrogens is 361 g/mol. The maximum Gasteiger partial charge on any atom is 0.263 e. The highest BCUT2D eigenvalue weighted by atomic mass is 79.9. The highest BCUT2D eigenvalue weighted by molar-refractivity contribution is 9.10. The van der Waals surface area contributed by atoms with Gasteiger partial charge < -0.3 is 5.73 Å². The Labute approximate surface area is 129 Å². The fraction of sp³-hybridized carbons (Fsp3) is 0. The van der Waals surface area contributed by atoms with Crippen molar-refractivity contribution in [1.29, 1.82) is 5.26 Å². The molecular formula is C13H9BrFN3O2S. The van der Waals surface area contributed by atoms with Gasteiger partial charge in [-0.15, -0.1) is 0 Å². The summed E-state index contributed by atoms with van der Waals surface area (Å²) in [5.74, 6) is -0.619. The summed E-state index contributed by atoms with van der Waals surface area (Å²) in [6, 6.07) is 9.36. The number of nitrogens with zero attached hydrogens (tertiary/aromatic N) is 1. The van der Waals surface area contributed by atoms with E-state index >= 15 is 0 Å². The molecule has 0 aliphatic rings. The molecule has 0 unspecified atom stereocenters. The highest BCUT2D eigenvalue weighted by Gasteiger charge is 2.19. The first-order chi connectivity index (χ1) is 9.83. The Balaban J connectivity index is 2.40. The van der Waals surface area contributed by atoms with E-state index in [-0.39, 0.29) is 16.3 Å². The number of nitrogen functional groups attached to an aromatic ring is 1. The van der Waals surface area contributed by atoms with Crippen LogP contribution >= 0.6 is 15.9 Å². The van der Waals surface area contributed by atoms with Crippen LogP contribution in [-0.2, 0) is 10.0 Å². The molecule has 8 heteroatoms. The molecule has 0 saturated carbocycles. The molecule has 3 N–H and O–H groups in total. The topological polar surface area (TPSA) is 96.0 Å². The average molecular weight is 370 g/mol. The Hall–Kier alpha value is -2.11. The van der Waals surface area contributed by atoms with Crippen LogP contribution in [0, 0.1) is 17.1 Å². The summed E-state index contributed by atoms with van der Waals surface area (Å²) in [6.07, 6.45) is 0. The number of benzene rings is 2. The lowest BCUT2D eigenvalue weighted by atomic mass is 10.2. The van der Waals surface area contributed by atoms with Crippen LogP contribution in [0.25, 0.3) is 0 Å². The first kappa shape index (κ1) is 15.3. The third kappa shape index (κ3) is 3.32. The van der Waals surface area contributed by atoms with E-state index in [4.69, 9.17) is 11.0 Å². The second-order valence-electron chi connectivity index (χ2n) is 4.09. The lowest BCUT2D eigenvalue weighted by Gasteiger charge is -2.11. The van der Waals surface area contributed by atoms with Gasteiger partial charge in [0.05, 0.1) is 23.0 Å².